The van der Waals surface area contributed by atoms with Crippen LogP contribution in [0.15, 0.2) is 35.3 Å². The third kappa shape index (κ3) is 4.15. The molecule has 2 unspecified atom stereocenters. The first kappa shape index (κ1) is 14.1. The lowest BCUT2D eigenvalue weighted by Gasteiger charge is -2.15. The van der Waals surface area contributed by atoms with E-state index in [1.165, 1.54) is 6.08 Å². The Kier molecular flexibility index (Phi) is 5.81. The highest BCUT2D eigenvalue weighted by Gasteiger charge is 2.24. The normalized spacial score (nSPS) is 13.2. The highest BCUT2D eigenvalue weighted by atomic mass is 16.5. The molecule has 1 aromatic carbocycles. The van der Waals surface area contributed by atoms with E-state index in [0.29, 0.717) is 0 Å². The minimum atomic E-state index is -0.754. The van der Waals surface area contributed by atoms with Gasteiger partial charge in [-0.25, -0.2) is 9.59 Å². The SMILES string of the molecule is CCC(C)C(N=C=O)C(=O)OCc1ccccc1. The van der Waals surface area contributed by atoms with Gasteiger partial charge in [0.2, 0.25) is 6.08 Å². The summed E-state index contributed by atoms with van der Waals surface area (Å²) in [6.45, 7) is 3.98. The van der Waals surface area contributed by atoms with Crippen LogP contribution in [0.3, 0.4) is 0 Å². The van der Waals surface area contributed by atoms with Gasteiger partial charge in [-0.2, -0.15) is 4.99 Å². The summed E-state index contributed by atoms with van der Waals surface area (Å²) < 4.78 is 5.15. The monoisotopic (exact) mass is 247 g/mol. The van der Waals surface area contributed by atoms with Crippen molar-refractivity contribution < 1.29 is 14.3 Å². The number of benzene rings is 1. The van der Waals surface area contributed by atoms with Crippen molar-refractivity contribution in [3.05, 3.63) is 35.9 Å². The van der Waals surface area contributed by atoms with Gasteiger partial charge in [0.15, 0.2) is 6.04 Å². The van der Waals surface area contributed by atoms with Gasteiger partial charge >= 0.3 is 5.97 Å². The third-order valence-corrected chi connectivity index (χ3v) is 2.84. The number of carbonyl (C=O) groups is 1. The second-order valence-corrected chi connectivity index (χ2v) is 4.14. The van der Waals surface area contributed by atoms with Crippen LogP contribution in [0, 0.1) is 5.92 Å². The molecule has 0 aliphatic heterocycles. The average Bonchev–Trinajstić information content (AvgIpc) is 2.42. The molecule has 0 bridgehead atoms. The molecule has 18 heavy (non-hydrogen) atoms. The van der Waals surface area contributed by atoms with Crippen molar-refractivity contribution in [3.63, 3.8) is 0 Å². The maximum Gasteiger partial charge on any atom is 0.332 e. The van der Waals surface area contributed by atoms with Crippen LogP contribution in [0.5, 0.6) is 0 Å². The second kappa shape index (κ2) is 7.41. The molecular formula is C14H17NO3. The fourth-order valence-electron chi connectivity index (χ4n) is 1.51. The van der Waals surface area contributed by atoms with Gasteiger partial charge in [-0.05, 0) is 11.5 Å². The summed E-state index contributed by atoms with van der Waals surface area (Å²) in [6, 6.07) is 8.63. The van der Waals surface area contributed by atoms with Crippen molar-refractivity contribution in [1.82, 2.24) is 0 Å². The van der Waals surface area contributed by atoms with Gasteiger partial charge in [0, 0.05) is 0 Å². The van der Waals surface area contributed by atoms with Gasteiger partial charge in [-0.3, -0.25) is 0 Å². The van der Waals surface area contributed by atoms with E-state index in [9.17, 15) is 9.59 Å². The van der Waals surface area contributed by atoms with Crippen molar-refractivity contribution in [2.24, 2.45) is 10.9 Å². The first-order valence-electron chi connectivity index (χ1n) is 5.96. The van der Waals surface area contributed by atoms with Crippen molar-refractivity contribution in [1.29, 1.82) is 0 Å². The number of esters is 1. The highest BCUT2D eigenvalue weighted by Crippen LogP contribution is 2.13. The molecule has 0 aliphatic rings. The number of aliphatic imine (C=N–C) groups is 1. The summed E-state index contributed by atoms with van der Waals surface area (Å²) in [5, 5.41) is 0. The Balaban J connectivity index is 2.60. The molecule has 0 fully saturated rings. The number of isocyanates is 1. The molecule has 0 heterocycles. The minimum absolute atomic E-state index is 0.0327. The van der Waals surface area contributed by atoms with Crippen molar-refractivity contribution in [3.8, 4) is 0 Å². The van der Waals surface area contributed by atoms with Crippen LogP contribution in [-0.4, -0.2) is 18.1 Å². The largest absolute Gasteiger partial charge is 0.459 e. The van der Waals surface area contributed by atoms with Gasteiger partial charge in [0.25, 0.3) is 0 Å². The topological polar surface area (TPSA) is 55.7 Å². The summed E-state index contributed by atoms with van der Waals surface area (Å²) in [5.41, 5.74) is 0.906. The van der Waals surface area contributed by atoms with Crippen LogP contribution in [-0.2, 0) is 20.9 Å². The van der Waals surface area contributed by atoms with Crippen molar-refractivity contribution >= 4 is 12.0 Å². The Morgan fingerprint density at radius 3 is 2.61 bits per heavy atom. The van der Waals surface area contributed by atoms with Gasteiger partial charge in [-0.1, -0.05) is 50.6 Å². The molecular weight excluding hydrogens is 230 g/mol. The number of hydrogen-bond acceptors (Lipinski definition) is 4. The molecule has 0 N–H and O–H groups in total. The number of rotatable bonds is 6. The fraction of sp³-hybridized carbons (Fsp3) is 0.429. The van der Waals surface area contributed by atoms with E-state index in [1.807, 2.05) is 44.2 Å². The maximum absolute atomic E-state index is 11.8. The van der Waals surface area contributed by atoms with Crippen LogP contribution < -0.4 is 0 Å². The summed E-state index contributed by atoms with van der Waals surface area (Å²) in [5.74, 6) is -0.508. The summed E-state index contributed by atoms with van der Waals surface area (Å²) in [6.07, 6.45) is 2.18. The van der Waals surface area contributed by atoms with E-state index >= 15 is 0 Å². The van der Waals surface area contributed by atoms with E-state index in [2.05, 4.69) is 4.99 Å². The lowest BCUT2D eigenvalue weighted by molar-refractivity contribution is -0.147. The highest BCUT2D eigenvalue weighted by molar-refractivity contribution is 5.77. The predicted molar refractivity (Wildman–Crippen MR) is 67.6 cm³/mol. The zero-order chi connectivity index (χ0) is 13.4. The molecule has 0 saturated heterocycles. The zero-order valence-corrected chi connectivity index (χ0v) is 10.6. The third-order valence-electron chi connectivity index (χ3n) is 2.84. The Bertz CT molecular complexity index is 424. The minimum Gasteiger partial charge on any atom is -0.459 e. The molecule has 0 aliphatic carbocycles. The van der Waals surface area contributed by atoms with Gasteiger partial charge < -0.3 is 4.74 Å². The zero-order valence-electron chi connectivity index (χ0n) is 10.6. The Hall–Kier alpha value is -1.93. The molecule has 1 aromatic rings. The van der Waals surface area contributed by atoms with Gasteiger partial charge in [-0.15, -0.1) is 0 Å². The predicted octanol–water partition coefficient (Wildman–Crippen LogP) is 2.48. The van der Waals surface area contributed by atoms with Crippen LogP contribution in [0.4, 0.5) is 0 Å². The first-order chi connectivity index (χ1) is 8.69. The van der Waals surface area contributed by atoms with E-state index in [0.717, 1.165) is 12.0 Å². The quantitative estimate of drug-likeness (QED) is 0.441. The summed E-state index contributed by atoms with van der Waals surface area (Å²) in [7, 11) is 0. The lowest BCUT2D eigenvalue weighted by Crippen LogP contribution is -2.27. The van der Waals surface area contributed by atoms with E-state index < -0.39 is 12.0 Å². The first-order valence-corrected chi connectivity index (χ1v) is 5.96. The average molecular weight is 247 g/mol. The smallest absolute Gasteiger partial charge is 0.332 e. The number of carbonyl (C=O) groups excluding carboxylic acids is 2. The van der Waals surface area contributed by atoms with Crippen LogP contribution >= 0.6 is 0 Å². The number of nitrogens with zero attached hydrogens (tertiary/aromatic N) is 1. The molecule has 0 spiro atoms. The molecule has 1 rings (SSSR count). The molecule has 0 saturated carbocycles. The maximum atomic E-state index is 11.8. The summed E-state index contributed by atoms with van der Waals surface area (Å²) >= 11 is 0. The van der Waals surface area contributed by atoms with Crippen LogP contribution in [0.2, 0.25) is 0 Å². The van der Waals surface area contributed by atoms with E-state index in [4.69, 9.17) is 4.74 Å². The molecule has 4 heteroatoms. The molecule has 4 nitrogen and oxygen atoms in total. The number of hydrogen-bond donors (Lipinski definition) is 0. The van der Waals surface area contributed by atoms with Crippen LogP contribution in [0.25, 0.3) is 0 Å². The van der Waals surface area contributed by atoms with Gasteiger partial charge in [0.1, 0.15) is 6.61 Å². The van der Waals surface area contributed by atoms with Crippen molar-refractivity contribution in [2.75, 3.05) is 0 Å². The standard InChI is InChI=1S/C14H17NO3/c1-3-11(2)13(15-10-16)14(17)18-9-12-7-5-4-6-8-12/h4-8,11,13H,3,9H2,1-2H3. The van der Waals surface area contributed by atoms with E-state index in [1.54, 1.807) is 0 Å². The number of ether oxygens (including phenoxy) is 1. The lowest BCUT2D eigenvalue weighted by atomic mass is 10.00. The van der Waals surface area contributed by atoms with Crippen molar-refractivity contribution in [2.45, 2.75) is 32.9 Å². The second-order valence-electron chi connectivity index (χ2n) is 4.14. The Morgan fingerprint density at radius 1 is 1.39 bits per heavy atom. The molecule has 96 valence electrons. The van der Waals surface area contributed by atoms with E-state index in [-0.39, 0.29) is 12.5 Å². The van der Waals surface area contributed by atoms with Crippen LogP contribution in [0.1, 0.15) is 25.8 Å². The molecule has 2 atom stereocenters. The Labute approximate surface area is 107 Å². The van der Waals surface area contributed by atoms with Gasteiger partial charge in [0.05, 0.1) is 0 Å². The molecule has 0 radical (unpaired) electrons. The Morgan fingerprint density at radius 2 is 2.06 bits per heavy atom. The molecule has 0 aromatic heterocycles. The fourth-order valence-corrected chi connectivity index (χ4v) is 1.51. The molecule has 0 amide bonds. The summed E-state index contributed by atoms with van der Waals surface area (Å²) in [4.78, 5) is 25.7.